The first kappa shape index (κ1) is 12.3. The summed E-state index contributed by atoms with van der Waals surface area (Å²) < 4.78 is 9.39. The van der Waals surface area contributed by atoms with Crippen LogP contribution in [-0.2, 0) is 4.74 Å². The second-order valence-electron chi connectivity index (χ2n) is 3.33. The normalized spacial score (nSPS) is 14.1. The van der Waals surface area contributed by atoms with Gasteiger partial charge in [0.2, 0.25) is 0 Å². The number of hydrogen-bond acceptors (Lipinski definition) is 5. The number of rotatable bonds is 1. The molecule has 0 radical (unpaired) electrons. The van der Waals surface area contributed by atoms with Crippen molar-refractivity contribution in [3.8, 4) is 5.75 Å². The molecule has 1 heterocycles. The van der Waals surface area contributed by atoms with Crippen molar-refractivity contribution < 1.29 is 19.1 Å². The maximum absolute atomic E-state index is 11.7. The molecule has 0 fully saturated rings. The van der Waals surface area contributed by atoms with E-state index in [0.717, 1.165) is 0 Å². The maximum atomic E-state index is 11.7. The molecule has 17 heavy (non-hydrogen) atoms. The molecule has 0 amide bonds. The van der Waals surface area contributed by atoms with Crippen molar-refractivity contribution in [3.63, 3.8) is 0 Å². The number of halogens is 1. The molecule has 0 bridgehead atoms. The molecule has 1 aromatic carbocycles. The largest absolute Gasteiger partial charge is 0.513 e. The minimum atomic E-state index is -0.812. The quantitative estimate of drug-likeness (QED) is 0.581. The number of ketones is 1. The predicted molar refractivity (Wildman–Crippen MR) is 64.2 cm³/mol. The van der Waals surface area contributed by atoms with Crippen molar-refractivity contribution in [2.24, 2.45) is 0 Å². The first-order chi connectivity index (χ1) is 8.13. The highest BCUT2D eigenvalue weighted by atomic mass is 35.5. The Morgan fingerprint density at radius 3 is 2.94 bits per heavy atom. The number of carbonyl (C=O) groups excluding carboxylic acids is 2. The van der Waals surface area contributed by atoms with E-state index in [9.17, 15) is 9.59 Å². The minimum absolute atomic E-state index is 0.0286. The summed E-state index contributed by atoms with van der Waals surface area (Å²) in [5, 5.41) is 0.384. The topological polar surface area (TPSA) is 52.6 Å². The molecule has 1 aliphatic rings. The van der Waals surface area contributed by atoms with Crippen LogP contribution in [0, 0.1) is 0 Å². The standard InChI is InChI=1S/C11H9ClO4S/c1-15-11(14)16-8-3-2-6(12)9-7(13)4-5-17-10(8)9/h2-3H,4-5H2,1H3. The summed E-state index contributed by atoms with van der Waals surface area (Å²) in [5.41, 5.74) is 0.435. The van der Waals surface area contributed by atoms with Gasteiger partial charge in [0.05, 0.1) is 22.6 Å². The van der Waals surface area contributed by atoms with Gasteiger partial charge in [0.25, 0.3) is 0 Å². The van der Waals surface area contributed by atoms with E-state index in [0.29, 0.717) is 33.4 Å². The molecule has 0 aromatic heterocycles. The third-order valence-electron chi connectivity index (χ3n) is 2.29. The molecule has 0 saturated heterocycles. The highest BCUT2D eigenvalue weighted by Gasteiger charge is 2.25. The molecule has 0 unspecified atom stereocenters. The number of methoxy groups -OCH3 is 1. The van der Waals surface area contributed by atoms with Gasteiger partial charge in [-0.25, -0.2) is 4.79 Å². The molecule has 0 aliphatic carbocycles. The zero-order valence-electron chi connectivity index (χ0n) is 8.99. The fourth-order valence-corrected chi connectivity index (χ4v) is 2.96. The summed E-state index contributed by atoms with van der Waals surface area (Å²) in [5.74, 6) is 0.942. The molecule has 1 aromatic rings. The Kier molecular flexibility index (Phi) is 3.59. The lowest BCUT2D eigenvalue weighted by Crippen LogP contribution is -2.13. The first-order valence-corrected chi connectivity index (χ1v) is 6.24. The van der Waals surface area contributed by atoms with E-state index in [-0.39, 0.29) is 5.78 Å². The first-order valence-electron chi connectivity index (χ1n) is 4.87. The van der Waals surface area contributed by atoms with E-state index in [2.05, 4.69) is 4.74 Å². The number of benzene rings is 1. The van der Waals surface area contributed by atoms with Crippen LogP contribution >= 0.6 is 23.4 Å². The zero-order chi connectivity index (χ0) is 12.4. The molecular formula is C11H9ClO4S. The van der Waals surface area contributed by atoms with Gasteiger partial charge < -0.3 is 9.47 Å². The Balaban J connectivity index is 2.45. The average molecular weight is 273 g/mol. The van der Waals surface area contributed by atoms with Crippen molar-refractivity contribution in [1.29, 1.82) is 0 Å². The van der Waals surface area contributed by atoms with E-state index < -0.39 is 6.16 Å². The lowest BCUT2D eigenvalue weighted by Gasteiger charge is -2.18. The van der Waals surface area contributed by atoms with Crippen molar-refractivity contribution in [3.05, 3.63) is 22.7 Å². The smallest absolute Gasteiger partial charge is 0.437 e. The SMILES string of the molecule is COC(=O)Oc1ccc(Cl)c2c1SCCC2=O. The van der Waals surface area contributed by atoms with Gasteiger partial charge in [0.15, 0.2) is 5.78 Å². The van der Waals surface area contributed by atoms with Crippen LogP contribution in [0.25, 0.3) is 0 Å². The van der Waals surface area contributed by atoms with Gasteiger partial charge in [-0.3, -0.25) is 4.79 Å². The molecule has 4 nitrogen and oxygen atoms in total. The van der Waals surface area contributed by atoms with E-state index in [1.54, 1.807) is 12.1 Å². The Labute approximate surface area is 107 Å². The van der Waals surface area contributed by atoms with Crippen LogP contribution in [0.15, 0.2) is 17.0 Å². The fraction of sp³-hybridized carbons (Fsp3) is 0.273. The van der Waals surface area contributed by atoms with E-state index in [1.807, 2.05) is 0 Å². The van der Waals surface area contributed by atoms with Gasteiger partial charge in [-0.2, -0.15) is 0 Å². The van der Waals surface area contributed by atoms with Crippen molar-refractivity contribution in [2.45, 2.75) is 11.3 Å². The Hall–Kier alpha value is -1.20. The average Bonchev–Trinajstić information content (AvgIpc) is 2.32. The molecule has 0 N–H and O–H groups in total. The van der Waals surface area contributed by atoms with Crippen molar-refractivity contribution >= 4 is 35.3 Å². The van der Waals surface area contributed by atoms with E-state index in [4.69, 9.17) is 16.3 Å². The number of hydrogen-bond donors (Lipinski definition) is 0. The summed E-state index contributed by atoms with van der Waals surface area (Å²) in [6.07, 6.45) is -0.368. The number of thioether (sulfide) groups is 1. The lowest BCUT2D eigenvalue weighted by atomic mass is 10.1. The summed E-state index contributed by atoms with van der Waals surface area (Å²) in [6.45, 7) is 0. The summed E-state index contributed by atoms with van der Waals surface area (Å²) in [4.78, 5) is 23.4. The highest BCUT2D eigenvalue weighted by Crippen LogP contribution is 2.41. The summed E-state index contributed by atoms with van der Waals surface area (Å²) in [6, 6.07) is 3.10. The number of ether oxygens (including phenoxy) is 2. The van der Waals surface area contributed by atoms with Crippen molar-refractivity contribution in [1.82, 2.24) is 0 Å². The van der Waals surface area contributed by atoms with Gasteiger partial charge in [-0.05, 0) is 12.1 Å². The predicted octanol–water partition coefficient (Wildman–Crippen LogP) is 3.16. The lowest BCUT2D eigenvalue weighted by molar-refractivity contribution is 0.0980. The Morgan fingerprint density at radius 1 is 1.47 bits per heavy atom. The molecule has 6 heteroatoms. The minimum Gasteiger partial charge on any atom is -0.437 e. The van der Waals surface area contributed by atoms with E-state index in [1.165, 1.54) is 18.9 Å². The van der Waals surface area contributed by atoms with Crippen LogP contribution in [0.5, 0.6) is 5.75 Å². The molecule has 90 valence electrons. The Morgan fingerprint density at radius 2 is 2.24 bits per heavy atom. The van der Waals surface area contributed by atoms with Crippen LogP contribution in [0.2, 0.25) is 5.02 Å². The van der Waals surface area contributed by atoms with Crippen molar-refractivity contribution in [2.75, 3.05) is 12.9 Å². The van der Waals surface area contributed by atoms with Gasteiger partial charge in [-0.1, -0.05) is 11.6 Å². The maximum Gasteiger partial charge on any atom is 0.513 e. The van der Waals surface area contributed by atoms with E-state index >= 15 is 0 Å². The van der Waals surface area contributed by atoms with Crippen LogP contribution in [0.3, 0.4) is 0 Å². The molecule has 0 atom stereocenters. The number of Topliss-reactive ketones (excluding diaryl/α,β-unsaturated/α-hetero) is 1. The fourth-order valence-electron chi connectivity index (χ4n) is 1.53. The molecule has 0 spiro atoms. The second kappa shape index (κ2) is 4.98. The second-order valence-corrected chi connectivity index (χ2v) is 4.84. The van der Waals surface area contributed by atoms with Crippen LogP contribution in [0.1, 0.15) is 16.8 Å². The molecule has 2 rings (SSSR count). The number of carbonyl (C=O) groups is 2. The highest BCUT2D eigenvalue weighted by molar-refractivity contribution is 7.99. The monoisotopic (exact) mass is 272 g/mol. The number of fused-ring (bicyclic) bond motifs is 1. The van der Waals surface area contributed by atoms with Gasteiger partial charge >= 0.3 is 6.16 Å². The van der Waals surface area contributed by atoms with Crippen LogP contribution in [-0.4, -0.2) is 24.8 Å². The molecular weight excluding hydrogens is 264 g/mol. The van der Waals surface area contributed by atoms with Crippen LogP contribution in [0.4, 0.5) is 4.79 Å². The third kappa shape index (κ3) is 2.40. The summed E-state index contributed by atoms with van der Waals surface area (Å²) >= 11 is 7.42. The van der Waals surface area contributed by atoms with Gasteiger partial charge in [0.1, 0.15) is 5.75 Å². The van der Waals surface area contributed by atoms with Gasteiger partial charge in [0, 0.05) is 12.2 Å². The Bertz CT molecular complexity index is 487. The summed E-state index contributed by atoms with van der Waals surface area (Å²) in [7, 11) is 1.23. The van der Waals surface area contributed by atoms with Crippen LogP contribution < -0.4 is 4.74 Å². The van der Waals surface area contributed by atoms with Gasteiger partial charge in [-0.15, -0.1) is 11.8 Å². The molecule has 1 aliphatic heterocycles. The zero-order valence-corrected chi connectivity index (χ0v) is 10.6. The third-order valence-corrected chi connectivity index (χ3v) is 3.70. The molecule has 0 saturated carbocycles.